The fourth-order valence-corrected chi connectivity index (χ4v) is 3.33. The molecule has 1 atom stereocenters. The average molecular weight is 438 g/mol. The Morgan fingerprint density at radius 2 is 2.16 bits per heavy atom. The summed E-state index contributed by atoms with van der Waals surface area (Å²) in [6, 6.07) is 5.58. The number of nitrogens with zero attached hydrogens (tertiary/aromatic N) is 2. The number of unbranched alkanes of at least 4 members (excludes halogenated alkanes) is 2. The van der Waals surface area contributed by atoms with E-state index in [4.69, 9.17) is 9.47 Å². The van der Waals surface area contributed by atoms with Gasteiger partial charge in [0.2, 0.25) is 0 Å². The molecule has 6 nitrogen and oxygen atoms in total. The maximum Gasteiger partial charge on any atom is 0.255 e. The predicted molar refractivity (Wildman–Crippen MR) is 118 cm³/mol. The lowest BCUT2D eigenvalue weighted by molar-refractivity contribution is -0.0402. The molecule has 3 rings (SSSR count). The van der Waals surface area contributed by atoms with Crippen molar-refractivity contribution in [3.8, 4) is 17.6 Å². The first-order valence-corrected chi connectivity index (χ1v) is 10.8. The predicted octanol–water partition coefficient (Wildman–Crippen LogP) is 3.89. The standard InChI is InChI=1S/C25H27FN2O4/c1-3-4-5-6-7-19-12-20(15-27-14-19)25(30)28-10-11-31-22(16-28)17-32-24-9-8-21(26)13-23(24)18(2)29/h8-9,12-15,22H,3-5,10-11,16-17H2,1-2H3. The van der Waals surface area contributed by atoms with Crippen LogP contribution in [0.3, 0.4) is 0 Å². The van der Waals surface area contributed by atoms with Gasteiger partial charge in [-0.3, -0.25) is 14.6 Å². The van der Waals surface area contributed by atoms with E-state index in [0.717, 1.165) is 25.3 Å². The van der Waals surface area contributed by atoms with E-state index in [2.05, 4.69) is 23.7 Å². The molecule has 2 aromatic rings. The van der Waals surface area contributed by atoms with Crippen LogP contribution in [0, 0.1) is 17.7 Å². The Bertz CT molecular complexity index is 1030. The van der Waals surface area contributed by atoms with Gasteiger partial charge in [0.25, 0.3) is 5.91 Å². The van der Waals surface area contributed by atoms with Gasteiger partial charge in [-0.15, -0.1) is 0 Å². The fourth-order valence-electron chi connectivity index (χ4n) is 3.33. The summed E-state index contributed by atoms with van der Waals surface area (Å²) in [5.74, 6) is 5.53. The zero-order valence-corrected chi connectivity index (χ0v) is 18.4. The van der Waals surface area contributed by atoms with Crippen LogP contribution in [-0.2, 0) is 4.74 Å². The smallest absolute Gasteiger partial charge is 0.255 e. The first-order chi connectivity index (χ1) is 15.5. The van der Waals surface area contributed by atoms with Gasteiger partial charge in [-0.2, -0.15) is 0 Å². The van der Waals surface area contributed by atoms with Crippen molar-refractivity contribution in [1.82, 2.24) is 9.88 Å². The van der Waals surface area contributed by atoms with E-state index in [1.54, 1.807) is 17.2 Å². The molecular weight excluding hydrogens is 411 g/mol. The van der Waals surface area contributed by atoms with Crippen LogP contribution in [0.1, 0.15) is 59.4 Å². The molecule has 32 heavy (non-hydrogen) atoms. The Hall–Kier alpha value is -3.24. The summed E-state index contributed by atoms with van der Waals surface area (Å²) >= 11 is 0. The van der Waals surface area contributed by atoms with Gasteiger partial charge < -0.3 is 14.4 Å². The van der Waals surface area contributed by atoms with Crippen molar-refractivity contribution < 1.29 is 23.5 Å². The van der Waals surface area contributed by atoms with Gasteiger partial charge in [-0.05, 0) is 37.6 Å². The Balaban J connectivity index is 1.62. The molecule has 1 saturated heterocycles. The molecule has 0 N–H and O–H groups in total. The minimum Gasteiger partial charge on any atom is -0.490 e. The summed E-state index contributed by atoms with van der Waals surface area (Å²) in [4.78, 5) is 30.6. The van der Waals surface area contributed by atoms with Crippen LogP contribution in [0.2, 0.25) is 0 Å². The number of carbonyl (C=O) groups excluding carboxylic acids is 2. The van der Waals surface area contributed by atoms with Gasteiger partial charge in [0.15, 0.2) is 5.78 Å². The van der Waals surface area contributed by atoms with E-state index in [-0.39, 0.29) is 30.0 Å². The lowest BCUT2D eigenvalue weighted by atomic mass is 10.1. The minimum absolute atomic E-state index is 0.136. The Kier molecular flexibility index (Phi) is 8.34. The SMILES string of the molecule is CCCCC#Cc1cncc(C(=O)N2CCOC(COc3ccc(F)cc3C(C)=O)C2)c1. The fraction of sp³-hybridized carbons (Fsp3) is 0.400. The van der Waals surface area contributed by atoms with E-state index in [1.165, 1.54) is 25.3 Å². The van der Waals surface area contributed by atoms with E-state index in [0.29, 0.717) is 36.6 Å². The number of aromatic nitrogens is 1. The molecule has 168 valence electrons. The van der Waals surface area contributed by atoms with Gasteiger partial charge in [-0.25, -0.2) is 4.39 Å². The van der Waals surface area contributed by atoms with Crippen LogP contribution in [0.15, 0.2) is 36.7 Å². The van der Waals surface area contributed by atoms with Crippen LogP contribution >= 0.6 is 0 Å². The highest BCUT2D eigenvalue weighted by molar-refractivity contribution is 5.96. The highest BCUT2D eigenvalue weighted by Crippen LogP contribution is 2.21. The minimum atomic E-state index is -0.501. The number of pyridine rings is 1. The van der Waals surface area contributed by atoms with E-state index in [9.17, 15) is 14.0 Å². The highest BCUT2D eigenvalue weighted by atomic mass is 19.1. The molecule has 0 bridgehead atoms. The van der Waals surface area contributed by atoms with Gasteiger partial charge in [0.05, 0.1) is 24.3 Å². The van der Waals surface area contributed by atoms with Crippen molar-refractivity contribution in [2.24, 2.45) is 0 Å². The zero-order chi connectivity index (χ0) is 22.9. The molecule has 0 spiro atoms. The van der Waals surface area contributed by atoms with E-state index >= 15 is 0 Å². The number of ketones is 1. The number of Topliss-reactive ketones (excluding diaryl/α,β-unsaturated/α-hetero) is 1. The number of carbonyl (C=O) groups is 2. The number of hydrogen-bond acceptors (Lipinski definition) is 5. The van der Waals surface area contributed by atoms with E-state index < -0.39 is 5.82 Å². The summed E-state index contributed by atoms with van der Waals surface area (Å²) in [6.07, 6.45) is 5.77. The third-order valence-electron chi connectivity index (χ3n) is 5.04. The zero-order valence-electron chi connectivity index (χ0n) is 18.4. The molecule has 1 aliphatic rings. The van der Waals surface area contributed by atoms with Crippen molar-refractivity contribution >= 4 is 11.7 Å². The molecule has 1 fully saturated rings. The quantitative estimate of drug-likeness (QED) is 0.373. The lowest BCUT2D eigenvalue weighted by Gasteiger charge is -2.33. The summed E-state index contributed by atoms with van der Waals surface area (Å²) < 4.78 is 24.9. The maximum atomic E-state index is 13.4. The van der Waals surface area contributed by atoms with Gasteiger partial charge in [0, 0.05) is 30.9 Å². The second-order valence-corrected chi connectivity index (χ2v) is 7.62. The van der Waals surface area contributed by atoms with Crippen molar-refractivity contribution in [3.63, 3.8) is 0 Å². The molecule has 0 aliphatic carbocycles. The van der Waals surface area contributed by atoms with Crippen molar-refractivity contribution in [2.45, 2.75) is 39.2 Å². The molecule has 0 saturated carbocycles. The summed E-state index contributed by atoms with van der Waals surface area (Å²) in [7, 11) is 0. The Morgan fingerprint density at radius 3 is 2.94 bits per heavy atom. The topological polar surface area (TPSA) is 68.7 Å². The number of ether oxygens (including phenoxy) is 2. The normalized spacial score (nSPS) is 15.6. The second kappa shape index (κ2) is 11.4. The molecule has 1 amide bonds. The molecular formula is C25H27FN2O4. The summed E-state index contributed by atoms with van der Waals surface area (Å²) in [5, 5.41) is 0. The number of amides is 1. The van der Waals surface area contributed by atoms with Crippen LogP contribution < -0.4 is 4.74 Å². The number of hydrogen-bond donors (Lipinski definition) is 0. The van der Waals surface area contributed by atoms with Crippen LogP contribution in [-0.4, -0.2) is 54.0 Å². The number of rotatable bonds is 7. The third-order valence-corrected chi connectivity index (χ3v) is 5.04. The molecule has 2 heterocycles. The molecule has 1 unspecified atom stereocenters. The molecule has 1 aliphatic heterocycles. The number of benzene rings is 1. The van der Waals surface area contributed by atoms with Gasteiger partial charge >= 0.3 is 0 Å². The average Bonchev–Trinajstić information content (AvgIpc) is 2.81. The lowest BCUT2D eigenvalue weighted by Crippen LogP contribution is -2.47. The highest BCUT2D eigenvalue weighted by Gasteiger charge is 2.26. The van der Waals surface area contributed by atoms with Crippen LogP contribution in [0.5, 0.6) is 5.75 Å². The van der Waals surface area contributed by atoms with Gasteiger partial charge in [-0.1, -0.05) is 25.2 Å². The van der Waals surface area contributed by atoms with Crippen LogP contribution in [0.4, 0.5) is 4.39 Å². The largest absolute Gasteiger partial charge is 0.490 e. The molecule has 0 radical (unpaired) electrons. The molecule has 7 heteroatoms. The number of morpholine rings is 1. The van der Waals surface area contributed by atoms with Crippen molar-refractivity contribution in [1.29, 1.82) is 0 Å². The molecule has 1 aromatic heterocycles. The Morgan fingerprint density at radius 1 is 1.31 bits per heavy atom. The summed E-state index contributed by atoms with van der Waals surface area (Å²) in [5.41, 5.74) is 1.37. The number of halogens is 1. The van der Waals surface area contributed by atoms with Crippen molar-refractivity contribution in [2.75, 3.05) is 26.3 Å². The van der Waals surface area contributed by atoms with Crippen LogP contribution in [0.25, 0.3) is 0 Å². The second-order valence-electron chi connectivity index (χ2n) is 7.62. The van der Waals surface area contributed by atoms with E-state index in [1.807, 2.05) is 0 Å². The van der Waals surface area contributed by atoms with Gasteiger partial charge in [0.1, 0.15) is 24.3 Å². The maximum absolute atomic E-state index is 13.4. The van der Waals surface area contributed by atoms with Crippen molar-refractivity contribution in [3.05, 3.63) is 59.2 Å². The summed E-state index contributed by atoms with van der Waals surface area (Å²) in [6.45, 7) is 4.77. The monoisotopic (exact) mass is 438 g/mol. The first-order valence-electron chi connectivity index (χ1n) is 10.8. The molecule has 1 aromatic carbocycles. The Labute approximate surface area is 187 Å². The first kappa shape index (κ1) is 23.4. The third kappa shape index (κ3) is 6.38.